The van der Waals surface area contributed by atoms with Crippen molar-refractivity contribution in [1.82, 2.24) is 0 Å². The van der Waals surface area contributed by atoms with Gasteiger partial charge in [0.15, 0.2) is 0 Å². The fourth-order valence-corrected chi connectivity index (χ4v) is 1.05. The van der Waals surface area contributed by atoms with Gasteiger partial charge in [-0.3, -0.25) is 4.79 Å². The molecule has 1 atom stereocenters. The number of alkyl halides is 7. The molecule has 2 nitrogen and oxygen atoms in total. The zero-order chi connectivity index (χ0) is 14.1. The topological polar surface area (TPSA) is 37.3 Å². The molecule has 0 aromatic rings. The largest absolute Gasteiger partial charge is 0.481 e. The lowest BCUT2D eigenvalue weighted by Crippen LogP contribution is -2.53. The molecule has 0 saturated heterocycles. The van der Waals surface area contributed by atoms with Gasteiger partial charge in [0.25, 0.3) is 0 Å². The SMILES string of the molecule is CCC(CC(F)(F)C(F)(F)C(F)(F)F)C(=O)O. The van der Waals surface area contributed by atoms with E-state index in [2.05, 4.69) is 0 Å². The smallest absolute Gasteiger partial charge is 0.459 e. The minimum absolute atomic E-state index is 0.473. The Morgan fingerprint density at radius 1 is 1.12 bits per heavy atom. The molecule has 0 spiro atoms. The molecule has 9 heteroatoms. The quantitative estimate of drug-likeness (QED) is 0.778. The lowest BCUT2D eigenvalue weighted by Gasteiger charge is -2.29. The number of halogens is 7. The van der Waals surface area contributed by atoms with Crippen LogP contribution in [0, 0.1) is 5.92 Å². The molecule has 0 bridgehead atoms. The maximum absolute atomic E-state index is 12.8. The van der Waals surface area contributed by atoms with Crippen molar-refractivity contribution in [3.63, 3.8) is 0 Å². The lowest BCUT2D eigenvalue weighted by atomic mass is 9.94. The van der Waals surface area contributed by atoms with E-state index < -0.39 is 42.8 Å². The van der Waals surface area contributed by atoms with Crippen LogP contribution in [0.15, 0.2) is 0 Å². The van der Waals surface area contributed by atoms with Gasteiger partial charge in [0.1, 0.15) is 0 Å². The minimum Gasteiger partial charge on any atom is -0.481 e. The van der Waals surface area contributed by atoms with Crippen molar-refractivity contribution in [3.05, 3.63) is 0 Å². The van der Waals surface area contributed by atoms with Crippen molar-refractivity contribution < 1.29 is 40.6 Å². The van der Waals surface area contributed by atoms with E-state index in [1.54, 1.807) is 0 Å². The summed E-state index contributed by atoms with van der Waals surface area (Å²) >= 11 is 0. The third-order valence-electron chi connectivity index (χ3n) is 2.16. The second kappa shape index (κ2) is 4.69. The summed E-state index contributed by atoms with van der Waals surface area (Å²) in [6.45, 7) is 1.10. The average molecular weight is 270 g/mol. The predicted molar refractivity (Wildman–Crippen MR) is 42.0 cm³/mol. The van der Waals surface area contributed by atoms with E-state index in [9.17, 15) is 35.5 Å². The number of carbonyl (C=O) groups is 1. The summed E-state index contributed by atoms with van der Waals surface area (Å²) < 4.78 is 85.4. The highest BCUT2D eigenvalue weighted by Crippen LogP contribution is 2.49. The third kappa shape index (κ3) is 3.22. The maximum atomic E-state index is 12.8. The zero-order valence-electron chi connectivity index (χ0n) is 8.49. The second-order valence-corrected chi connectivity index (χ2v) is 3.42. The van der Waals surface area contributed by atoms with E-state index in [1.165, 1.54) is 0 Å². The van der Waals surface area contributed by atoms with Gasteiger partial charge < -0.3 is 5.11 Å². The van der Waals surface area contributed by atoms with Gasteiger partial charge in [-0.2, -0.15) is 30.7 Å². The Kier molecular flexibility index (Phi) is 4.41. The van der Waals surface area contributed by atoms with Gasteiger partial charge in [-0.1, -0.05) is 6.92 Å². The molecule has 1 N–H and O–H groups in total. The molecule has 0 amide bonds. The predicted octanol–water partition coefficient (Wildman–Crippen LogP) is 3.32. The van der Waals surface area contributed by atoms with Crippen LogP contribution in [-0.2, 0) is 4.79 Å². The number of carboxylic acids is 1. The van der Waals surface area contributed by atoms with Crippen LogP contribution in [-0.4, -0.2) is 29.1 Å². The summed E-state index contributed by atoms with van der Waals surface area (Å²) in [5.74, 6) is -15.5. The maximum Gasteiger partial charge on any atom is 0.459 e. The average Bonchev–Trinajstić information content (AvgIpc) is 2.11. The molecule has 0 aliphatic rings. The van der Waals surface area contributed by atoms with Gasteiger partial charge >= 0.3 is 24.0 Å². The van der Waals surface area contributed by atoms with Gasteiger partial charge in [-0.05, 0) is 6.42 Å². The van der Waals surface area contributed by atoms with Crippen LogP contribution in [0.1, 0.15) is 19.8 Å². The van der Waals surface area contributed by atoms with E-state index >= 15 is 0 Å². The summed E-state index contributed by atoms with van der Waals surface area (Å²) in [6, 6.07) is 0. The Bertz CT molecular complexity index is 284. The fraction of sp³-hybridized carbons (Fsp3) is 0.875. The van der Waals surface area contributed by atoms with E-state index in [4.69, 9.17) is 5.11 Å². The van der Waals surface area contributed by atoms with Crippen LogP contribution < -0.4 is 0 Å². The Balaban J connectivity index is 5.08. The first-order valence-electron chi connectivity index (χ1n) is 4.42. The van der Waals surface area contributed by atoms with E-state index in [0.717, 1.165) is 6.92 Å². The lowest BCUT2D eigenvalue weighted by molar-refractivity contribution is -0.357. The first kappa shape index (κ1) is 16.0. The number of hydrogen-bond donors (Lipinski definition) is 1. The standard InChI is InChI=1S/C8H9F7O2/c1-2-4(5(16)17)3-6(9,10)7(11,12)8(13,14)15/h4H,2-3H2,1H3,(H,16,17). The monoisotopic (exact) mass is 270 g/mol. The molecule has 17 heavy (non-hydrogen) atoms. The molecule has 0 aliphatic heterocycles. The number of rotatable bonds is 5. The molecule has 0 aliphatic carbocycles. The van der Waals surface area contributed by atoms with Crippen LogP contribution in [0.4, 0.5) is 30.7 Å². The highest BCUT2D eigenvalue weighted by molar-refractivity contribution is 5.70. The van der Waals surface area contributed by atoms with Crippen molar-refractivity contribution in [1.29, 1.82) is 0 Å². The Morgan fingerprint density at radius 3 is 1.76 bits per heavy atom. The first-order chi connectivity index (χ1) is 7.37. The van der Waals surface area contributed by atoms with Gasteiger partial charge in [0, 0.05) is 6.42 Å². The van der Waals surface area contributed by atoms with Gasteiger partial charge in [0.2, 0.25) is 0 Å². The van der Waals surface area contributed by atoms with Crippen LogP contribution >= 0.6 is 0 Å². The highest BCUT2D eigenvalue weighted by atomic mass is 19.4. The summed E-state index contributed by atoms with van der Waals surface area (Å²) in [7, 11) is 0. The minimum atomic E-state index is -6.42. The Hall–Kier alpha value is -1.02. The highest BCUT2D eigenvalue weighted by Gasteiger charge is 2.73. The normalized spacial score (nSPS) is 15.8. The van der Waals surface area contributed by atoms with Crippen molar-refractivity contribution in [3.8, 4) is 0 Å². The van der Waals surface area contributed by atoms with E-state index in [-0.39, 0.29) is 0 Å². The van der Waals surface area contributed by atoms with Crippen molar-refractivity contribution in [2.24, 2.45) is 5.92 Å². The number of hydrogen-bond acceptors (Lipinski definition) is 1. The van der Waals surface area contributed by atoms with Crippen LogP contribution in [0.5, 0.6) is 0 Å². The fourth-order valence-electron chi connectivity index (χ4n) is 1.05. The van der Waals surface area contributed by atoms with Gasteiger partial charge in [0.05, 0.1) is 5.92 Å². The molecule has 0 radical (unpaired) electrons. The first-order valence-corrected chi connectivity index (χ1v) is 4.42. The molecule has 0 rings (SSSR count). The van der Waals surface area contributed by atoms with Crippen LogP contribution in [0.2, 0.25) is 0 Å². The van der Waals surface area contributed by atoms with Crippen molar-refractivity contribution >= 4 is 5.97 Å². The number of carboxylic acid groups (broad SMARTS) is 1. The van der Waals surface area contributed by atoms with Crippen LogP contribution in [0.25, 0.3) is 0 Å². The van der Waals surface area contributed by atoms with Crippen molar-refractivity contribution in [2.45, 2.75) is 37.8 Å². The molecular weight excluding hydrogens is 261 g/mol. The molecule has 0 saturated carbocycles. The van der Waals surface area contributed by atoms with Gasteiger partial charge in [-0.25, -0.2) is 0 Å². The Morgan fingerprint density at radius 2 is 1.53 bits per heavy atom. The summed E-state index contributed by atoms with van der Waals surface area (Å²) in [5, 5.41) is 8.35. The summed E-state index contributed by atoms with van der Waals surface area (Å²) in [4.78, 5) is 10.3. The van der Waals surface area contributed by atoms with Crippen molar-refractivity contribution in [2.75, 3.05) is 0 Å². The molecule has 0 heterocycles. The number of aliphatic carboxylic acids is 1. The third-order valence-corrected chi connectivity index (χ3v) is 2.16. The molecular formula is C8H9F7O2. The zero-order valence-corrected chi connectivity index (χ0v) is 8.49. The molecule has 0 aromatic heterocycles. The second-order valence-electron chi connectivity index (χ2n) is 3.42. The molecule has 102 valence electrons. The van der Waals surface area contributed by atoms with Gasteiger partial charge in [-0.15, -0.1) is 0 Å². The Labute approximate surface area is 91.4 Å². The van der Waals surface area contributed by atoms with E-state index in [0.29, 0.717) is 0 Å². The van der Waals surface area contributed by atoms with Crippen LogP contribution in [0.3, 0.4) is 0 Å². The molecule has 0 fully saturated rings. The molecule has 0 aromatic carbocycles. The summed E-state index contributed by atoms with van der Waals surface area (Å²) in [5.41, 5.74) is 0. The molecule has 1 unspecified atom stereocenters. The summed E-state index contributed by atoms with van der Waals surface area (Å²) in [6.07, 6.45) is -8.96. The van der Waals surface area contributed by atoms with E-state index in [1.807, 2.05) is 0 Å².